The van der Waals surface area contributed by atoms with Crippen LogP contribution in [-0.4, -0.2) is 29.8 Å². The number of Topliss-reactive ketones (excluding diaryl/α,β-unsaturated/α-hetero) is 1. The first kappa shape index (κ1) is 18.1. The van der Waals surface area contributed by atoms with Crippen molar-refractivity contribution < 1.29 is 14.6 Å². The first-order valence-electron chi connectivity index (χ1n) is 8.96. The van der Waals surface area contributed by atoms with Gasteiger partial charge in [0.15, 0.2) is 5.78 Å². The van der Waals surface area contributed by atoms with Crippen LogP contribution < -0.4 is 10.2 Å². The van der Waals surface area contributed by atoms with E-state index in [9.17, 15) is 14.9 Å². The lowest BCUT2D eigenvalue weighted by Crippen LogP contribution is -3.12. The number of benzene rings is 2. The molecule has 0 aromatic heterocycles. The van der Waals surface area contributed by atoms with Gasteiger partial charge in [0, 0.05) is 36.1 Å². The van der Waals surface area contributed by atoms with Crippen molar-refractivity contribution in [3.63, 3.8) is 0 Å². The molecule has 1 saturated heterocycles. The number of nitrogens with zero attached hydrogens (tertiary/aromatic N) is 1. The minimum Gasteiger partial charge on any atom is -0.376 e. The minimum absolute atomic E-state index is 0.0308. The number of ketones is 1. The molecule has 1 aliphatic heterocycles. The van der Waals surface area contributed by atoms with Gasteiger partial charge >= 0.3 is 0 Å². The Bertz CT molecular complexity index is 784. The van der Waals surface area contributed by atoms with Gasteiger partial charge in [-0.2, -0.15) is 0 Å². The van der Waals surface area contributed by atoms with Crippen molar-refractivity contribution >= 4 is 17.2 Å². The number of nitro groups is 1. The predicted molar refractivity (Wildman–Crippen MR) is 101 cm³/mol. The molecule has 0 atom stereocenters. The Hall–Kier alpha value is -2.73. The lowest BCUT2D eigenvalue weighted by Gasteiger charge is -2.30. The topological polar surface area (TPSA) is 76.7 Å². The van der Waals surface area contributed by atoms with E-state index in [4.69, 9.17) is 0 Å². The second-order valence-electron chi connectivity index (χ2n) is 6.88. The Labute approximate surface area is 153 Å². The summed E-state index contributed by atoms with van der Waals surface area (Å²) in [6.07, 6.45) is 1.93. The van der Waals surface area contributed by atoms with Gasteiger partial charge < -0.3 is 10.2 Å². The van der Waals surface area contributed by atoms with Gasteiger partial charge in [-0.1, -0.05) is 30.3 Å². The monoisotopic (exact) mass is 354 g/mol. The normalized spacial score (nSPS) is 19.7. The molecule has 136 valence electrons. The van der Waals surface area contributed by atoms with E-state index in [1.54, 1.807) is 12.1 Å². The summed E-state index contributed by atoms with van der Waals surface area (Å²) in [6, 6.07) is 15.3. The van der Waals surface area contributed by atoms with E-state index in [0.29, 0.717) is 11.3 Å². The smallest absolute Gasteiger partial charge is 0.293 e. The molecular formula is C20H24N3O3+. The Morgan fingerprint density at radius 3 is 2.50 bits per heavy atom. The summed E-state index contributed by atoms with van der Waals surface area (Å²) < 4.78 is 0. The molecule has 2 aromatic rings. The lowest BCUT2D eigenvalue weighted by molar-refractivity contribution is -0.918. The molecule has 0 spiro atoms. The van der Waals surface area contributed by atoms with E-state index >= 15 is 0 Å². The summed E-state index contributed by atoms with van der Waals surface area (Å²) in [5.41, 5.74) is 2.17. The highest BCUT2D eigenvalue weighted by atomic mass is 16.6. The highest BCUT2D eigenvalue weighted by molar-refractivity contribution is 5.95. The quantitative estimate of drug-likeness (QED) is 0.475. The first-order valence-corrected chi connectivity index (χ1v) is 8.96. The van der Waals surface area contributed by atoms with Gasteiger partial charge in [-0.3, -0.25) is 14.9 Å². The van der Waals surface area contributed by atoms with Crippen LogP contribution in [0.3, 0.4) is 0 Å². The van der Waals surface area contributed by atoms with E-state index in [0.717, 1.165) is 32.5 Å². The Kier molecular flexibility index (Phi) is 5.63. The zero-order valence-corrected chi connectivity index (χ0v) is 14.9. The van der Waals surface area contributed by atoms with Crippen molar-refractivity contribution in [3.05, 3.63) is 69.8 Å². The number of quaternary nitrogens is 1. The van der Waals surface area contributed by atoms with Crippen LogP contribution in [0.15, 0.2) is 48.5 Å². The maximum absolute atomic E-state index is 11.5. The molecule has 3 rings (SSSR count). The van der Waals surface area contributed by atoms with E-state index in [1.807, 2.05) is 6.07 Å². The van der Waals surface area contributed by atoms with Crippen molar-refractivity contribution in [1.82, 2.24) is 0 Å². The van der Waals surface area contributed by atoms with Crippen LogP contribution in [-0.2, 0) is 6.54 Å². The van der Waals surface area contributed by atoms with Gasteiger partial charge in [0.05, 0.1) is 18.0 Å². The number of rotatable bonds is 6. The molecule has 2 N–H and O–H groups in total. The molecule has 0 bridgehead atoms. The van der Waals surface area contributed by atoms with Crippen LogP contribution in [0, 0.1) is 10.1 Å². The van der Waals surface area contributed by atoms with Crippen molar-refractivity contribution in [2.75, 3.05) is 18.4 Å². The van der Waals surface area contributed by atoms with E-state index in [2.05, 4.69) is 29.6 Å². The zero-order valence-electron chi connectivity index (χ0n) is 14.9. The van der Waals surface area contributed by atoms with Crippen LogP contribution in [0.25, 0.3) is 0 Å². The number of hydrogen-bond acceptors (Lipinski definition) is 4. The number of anilines is 1. The summed E-state index contributed by atoms with van der Waals surface area (Å²) in [5, 5.41) is 14.7. The van der Waals surface area contributed by atoms with Gasteiger partial charge in [-0.25, -0.2) is 0 Å². The predicted octanol–water partition coefficient (Wildman–Crippen LogP) is 2.46. The van der Waals surface area contributed by atoms with Crippen molar-refractivity contribution in [2.45, 2.75) is 32.4 Å². The van der Waals surface area contributed by atoms with Gasteiger partial charge in [0.2, 0.25) is 0 Å². The molecule has 1 fully saturated rings. The summed E-state index contributed by atoms with van der Waals surface area (Å²) >= 11 is 0. The van der Waals surface area contributed by atoms with Crippen LogP contribution in [0.2, 0.25) is 0 Å². The maximum Gasteiger partial charge on any atom is 0.293 e. The Balaban J connectivity index is 1.61. The van der Waals surface area contributed by atoms with Crippen LogP contribution >= 0.6 is 0 Å². The SMILES string of the molecule is CC(=O)c1ccc(NC2CC[NH+](Cc3ccccc3)CC2)c([N+](=O)[O-])c1. The molecule has 6 heteroatoms. The van der Waals surface area contributed by atoms with Crippen molar-refractivity contribution in [1.29, 1.82) is 0 Å². The summed E-state index contributed by atoms with van der Waals surface area (Å²) in [5.74, 6) is -0.169. The molecule has 0 radical (unpaired) electrons. The lowest BCUT2D eigenvalue weighted by atomic mass is 10.0. The van der Waals surface area contributed by atoms with Crippen molar-refractivity contribution in [3.8, 4) is 0 Å². The zero-order chi connectivity index (χ0) is 18.5. The second-order valence-corrected chi connectivity index (χ2v) is 6.88. The molecule has 1 heterocycles. The van der Waals surface area contributed by atoms with E-state index in [-0.39, 0.29) is 17.5 Å². The number of carbonyl (C=O) groups excluding carboxylic acids is 1. The number of nitrogens with one attached hydrogen (secondary N) is 2. The third kappa shape index (κ3) is 4.46. The first-order chi connectivity index (χ1) is 12.5. The van der Waals surface area contributed by atoms with Crippen LogP contribution in [0.5, 0.6) is 0 Å². The second kappa shape index (κ2) is 8.10. The van der Waals surface area contributed by atoms with Gasteiger partial charge in [0.25, 0.3) is 5.69 Å². The third-order valence-corrected chi connectivity index (χ3v) is 4.95. The highest BCUT2D eigenvalue weighted by Gasteiger charge is 2.25. The van der Waals surface area contributed by atoms with Crippen molar-refractivity contribution in [2.24, 2.45) is 0 Å². The molecule has 0 amide bonds. The number of likely N-dealkylation sites (tertiary alicyclic amines) is 1. The standard InChI is InChI=1S/C20H23N3O3/c1-15(24)17-7-8-19(20(13-17)23(25)26)21-18-9-11-22(12-10-18)14-16-5-3-2-4-6-16/h2-8,13,18,21H,9-12,14H2,1H3/p+1. The van der Waals surface area contributed by atoms with Crippen LogP contribution in [0.1, 0.15) is 35.7 Å². The summed E-state index contributed by atoms with van der Waals surface area (Å²) in [6.45, 7) is 4.50. The summed E-state index contributed by atoms with van der Waals surface area (Å²) in [7, 11) is 0. The molecular weight excluding hydrogens is 330 g/mol. The van der Waals surface area contributed by atoms with Gasteiger partial charge in [0.1, 0.15) is 12.2 Å². The molecule has 0 saturated carbocycles. The Morgan fingerprint density at radius 1 is 1.19 bits per heavy atom. The minimum atomic E-state index is -0.426. The average Bonchev–Trinajstić information content (AvgIpc) is 2.64. The van der Waals surface area contributed by atoms with E-state index in [1.165, 1.54) is 23.5 Å². The van der Waals surface area contributed by atoms with Gasteiger partial charge in [-0.15, -0.1) is 0 Å². The fraction of sp³-hybridized carbons (Fsp3) is 0.350. The third-order valence-electron chi connectivity index (χ3n) is 4.95. The molecule has 2 aromatic carbocycles. The fourth-order valence-corrected chi connectivity index (χ4v) is 3.48. The van der Waals surface area contributed by atoms with E-state index < -0.39 is 4.92 Å². The number of nitro benzene ring substituents is 1. The largest absolute Gasteiger partial charge is 0.376 e. The summed E-state index contributed by atoms with van der Waals surface area (Å²) in [4.78, 5) is 23.9. The Morgan fingerprint density at radius 2 is 1.88 bits per heavy atom. The fourth-order valence-electron chi connectivity index (χ4n) is 3.48. The molecule has 0 unspecified atom stereocenters. The van der Waals surface area contributed by atoms with Gasteiger partial charge in [-0.05, 0) is 19.1 Å². The molecule has 0 aliphatic carbocycles. The molecule has 26 heavy (non-hydrogen) atoms. The van der Waals surface area contributed by atoms with Crippen LogP contribution in [0.4, 0.5) is 11.4 Å². The maximum atomic E-state index is 11.5. The number of piperidine rings is 1. The number of hydrogen-bond donors (Lipinski definition) is 2. The molecule has 1 aliphatic rings. The molecule has 6 nitrogen and oxygen atoms in total. The number of carbonyl (C=O) groups is 1. The average molecular weight is 354 g/mol. The highest BCUT2D eigenvalue weighted by Crippen LogP contribution is 2.27.